The maximum absolute atomic E-state index is 10.2. The summed E-state index contributed by atoms with van der Waals surface area (Å²) in [4.78, 5) is 14.2. The van der Waals surface area contributed by atoms with Gasteiger partial charge in [0.2, 0.25) is 0 Å². The van der Waals surface area contributed by atoms with Crippen LogP contribution in [0.25, 0.3) is 0 Å². The molecule has 0 unspecified atom stereocenters. The number of carbonyl (C=O) groups is 1. The number of pyridine rings is 1. The topological polar surface area (TPSA) is 42.0 Å². The normalized spacial score (nSPS) is 9.18. The lowest BCUT2D eigenvalue weighted by atomic mass is 10.3. The van der Waals surface area contributed by atoms with E-state index in [-0.39, 0.29) is 0 Å². The Morgan fingerprint density at radius 1 is 1.64 bits per heavy atom. The van der Waals surface area contributed by atoms with Gasteiger partial charge in [-0.3, -0.25) is 4.79 Å². The lowest BCUT2D eigenvalue weighted by Crippen LogP contribution is -1.98. The summed E-state index contributed by atoms with van der Waals surface area (Å²) in [7, 11) is 0. The van der Waals surface area contributed by atoms with Gasteiger partial charge >= 0.3 is 0 Å². The molecule has 3 heteroatoms. The highest BCUT2D eigenvalue weighted by molar-refractivity contribution is 5.74. The van der Waals surface area contributed by atoms with Gasteiger partial charge in [0.05, 0.1) is 0 Å². The van der Waals surface area contributed by atoms with Gasteiger partial charge in [-0.1, -0.05) is 0 Å². The van der Waals surface area contributed by atoms with Crippen molar-refractivity contribution >= 4 is 12.1 Å². The van der Waals surface area contributed by atoms with Crippen LogP contribution in [-0.4, -0.2) is 17.8 Å². The molecule has 0 saturated carbocycles. The third kappa shape index (κ3) is 2.04. The Morgan fingerprint density at radius 3 is 2.91 bits per heavy atom. The Labute approximate surface area is 65.5 Å². The van der Waals surface area contributed by atoms with Gasteiger partial charge in [0.1, 0.15) is 5.82 Å². The van der Waals surface area contributed by atoms with Crippen LogP contribution in [0.15, 0.2) is 18.3 Å². The van der Waals surface area contributed by atoms with E-state index in [9.17, 15) is 4.79 Å². The number of hydrogen-bond acceptors (Lipinski definition) is 3. The predicted molar refractivity (Wildman–Crippen MR) is 43.8 cm³/mol. The van der Waals surface area contributed by atoms with Crippen molar-refractivity contribution in [3.63, 3.8) is 0 Å². The Bertz CT molecular complexity index is 230. The van der Waals surface area contributed by atoms with Gasteiger partial charge in [0, 0.05) is 18.3 Å². The van der Waals surface area contributed by atoms with E-state index in [1.165, 1.54) is 0 Å². The standard InChI is InChI=1S/C8H10N2O/c1-2-9-8-4-3-7(6-11)5-10-8/h3-6H,2H2,1H3,(H,9,10). The molecule has 0 aromatic carbocycles. The second-order valence-corrected chi connectivity index (χ2v) is 2.12. The summed E-state index contributed by atoms with van der Waals surface area (Å²) in [5.74, 6) is 0.804. The first-order valence-electron chi connectivity index (χ1n) is 3.52. The zero-order valence-corrected chi connectivity index (χ0v) is 6.37. The molecule has 0 aliphatic heterocycles. The van der Waals surface area contributed by atoms with Crippen molar-refractivity contribution in [1.82, 2.24) is 4.98 Å². The molecule has 1 heterocycles. The van der Waals surface area contributed by atoms with Crippen molar-refractivity contribution in [2.45, 2.75) is 6.92 Å². The Balaban J connectivity index is 2.74. The smallest absolute Gasteiger partial charge is 0.151 e. The molecule has 1 aromatic heterocycles. The van der Waals surface area contributed by atoms with Crippen molar-refractivity contribution in [3.05, 3.63) is 23.9 Å². The fourth-order valence-electron chi connectivity index (χ4n) is 0.761. The van der Waals surface area contributed by atoms with E-state index in [1.54, 1.807) is 18.3 Å². The highest BCUT2D eigenvalue weighted by atomic mass is 16.1. The van der Waals surface area contributed by atoms with Gasteiger partial charge in [0.15, 0.2) is 6.29 Å². The van der Waals surface area contributed by atoms with Crippen molar-refractivity contribution in [2.24, 2.45) is 0 Å². The molecule has 0 saturated heterocycles. The number of anilines is 1. The summed E-state index contributed by atoms with van der Waals surface area (Å²) in [6.07, 6.45) is 2.33. The van der Waals surface area contributed by atoms with E-state index in [1.807, 2.05) is 6.92 Å². The number of nitrogens with one attached hydrogen (secondary N) is 1. The summed E-state index contributed by atoms with van der Waals surface area (Å²) < 4.78 is 0. The first-order valence-corrected chi connectivity index (χ1v) is 3.52. The number of nitrogens with zero attached hydrogens (tertiary/aromatic N) is 1. The van der Waals surface area contributed by atoms with Crippen LogP contribution in [0.3, 0.4) is 0 Å². The maximum Gasteiger partial charge on any atom is 0.151 e. The highest BCUT2D eigenvalue weighted by Crippen LogP contribution is 2.01. The molecule has 0 fully saturated rings. The highest BCUT2D eigenvalue weighted by Gasteiger charge is 1.91. The SMILES string of the molecule is CCNc1ccc(C=O)cn1. The Morgan fingerprint density at radius 2 is 2.45 bits per heavy atom. The summed E-state index contributed by atoms with van der Waals surface area (Å²) in [6.45, 7) is 2.84. The van der Waals surface area contributed by atoms with Gasteiger partial charge in [-0.2, -0.15) is 0 Å². The molecule has 0 aliphatic carbocycles. The van der Waals surface area contributed by atoms with Crippen molar-refractivity contribution in [3.8, 4) is 0 Å². The van der Waals surface area contributed by atoms with E-state index in [2.05, 4.69) is 10.3 Å². The monoisotopic (exact) mass is 150 g/mol. The summed E-state index contributed by atoms with van der Waals surface area (Å²) >= 11 is 0. The molecule has 1 aromatic rings. The summed E-state index contributed by atoms with van der Waals surface area (Å²) in [5, 5.41) is 3.03. The van der Waals surface area contributed by atoms with Crippen molar-refractivity contribution in [1.29, 1.82) is 0 Å². The van der Waals surface area contributed by atoms with E-state index >= 15 is 0 Å². The van der Waals surface area contributed by atoms with E-state index in [4.69, 9.17) is 0 Å². The molecule has 0 spiro atoms. The Kier molecular flexibility index (Phi) is 2.60. The minimum absolute atomic E-state index is 0.603. The van der Waals surface area contributed by atoms with Crippen LogP contribution in [0.1, 0.15) is 17.3 Å². The number of aldehydes is 1. The van der Waals surface area contributed by atoms with Crippen molar-refractivity contribution < 1.29 is 4.79 Å². The van der Waals surface area contributed by atoms with Crippen LogP contribution in [0, 0.1) is 0 Å². The lowest BCUT2D eigenvalue weighted by Gasteiger charge is -1.99. The summed E-state index contributed by atoms with van der Waals surface area (Å²) in [6, 6.07) is 3.52. The number of aromatic nitrogens is 1. The van der Waals surface area contributed by atoms with E-state index < -0.39 is 0 Å². The fourth-order valence-corrected chi connectivity index (χ4v) is 0.761. The number of carbonyl (C=O) groups excluding carboxylic acids is 1. The quantitative estimate of drug-likeness (QED) is 0.661. The van der Waals surface area contributed by atoms with Gasteiger partial charge < -0.3 is 5.32 Å². The van der Waals surface area contributed by atoms with Crippen LogP contribution in [0.2, 0.25) is 0 Å². The van der Waals surface area contributed by atoms with Gasteiger partial charge in [-0.25, -0.2) is 4.98 Å². The third-order valence-electron chi connectivity index (χ3n) is 1.28. The molecular weight excluding hydrogens is 140 g/mol. The van der Waals surface area contributed by atoms with Crippen LogP contribution < -0.4 is 5.32 Å². The lowest BCUT2D eigenvalue weighted by molar-refractivity contribution is 0.112. The molecule has 3 nitrogen and oxygen atoms in total. The van der Waals surface area contributed by atoms with Crippen LogP contribution in [0.5, 0.6) is 0 Å². The minimum Gasteiger partial charge on any atom is -0.370 e. The Hall–Kier alpha value is -1.38. The second kappa shape index (κ2) is 3.71. The number of hydrogen-bond donors (Lipinski definition) is 1. The predicted octanol–water partition coefficient (Wildman–Crippen LogP) is 1.33. The van der Waals surface area contributed by atoms with Gasteiger partial charge in [-0.05, 0) is 19.1 Å². The van der Waals surface area contributed by atoms with Gasteiger partial charge in [-0.15, -0.1) is 0 Å². The maximum atomic E-state index is 10.2. The third-order valence-corrected chi connectivity index (χ3v) is 1.28. The number of rotatable bonds is 3. The molecule has 11 heavy (non-hydrogen) atoms. The minimum atomic E-state index is 0.603. The molecule has 1 rings (SSSR count). The van der Waals surface area contributed by atoms with Crippen molar-refractivity contribution in [2.75, 3.05) is 11.9 Å². The average molecular weight is 150 g/mol. The van der Waals surface area contributed by atoms with E-state index in [0.29, 0.717) is 5.56 Å². The second-order valence-electron chi connectivity index (χ2n) is 2.12. The fraction of sp³-hybridized carbons (Fsp3) is 0.250. The molecule has 0 amide bonds. The average Bonchev–Trinajstić information content (AvgIpc) is 2.07. The van der Waals surface area contributed by atoms with Crippen LogP contribution in [-0.2, 0) is 0 Å². The first-order chi connectivity index (χ1) is 5.36. The zero-order valence-electron chi connectivity index (χ0n) is 6.37. The molecule has 0 aliphatic rings. The molecule has 0 radical (unpaired) electrons. The zero-order chi connectivity index (χ0) is 8.10. The summed E-state index contributed by atoms with van der Waals surface area (Å²) in [5.41, 5.74) is 0.603. The van der Waals surface area contributed by atoms with Crippen LogP contribution in [0.4, 0.5) is 5.82 Å². The van der Waals surface area contributed by atoms with Crippen LogP contribution >= 0.6 is 0 Å². The molecular formula is C8H10N2O. The molecule has 0 atom stereocenters. The largest absolute Gasteiger partial charge is 0.370 e. The first kappa shape index (κ1) is 7.72. The van der Waals surface area contributed by atoms with E-state index in [0.717, 1.165) is 18.6 Å². The molecule has 58 valence electrons. The molecule has 0 bridgehead atoms. The molecule has 1 N–H and O–H groups in total. The van der Waals surface area contributed by atoms with Gasteiger partial charge in [0.25, 0.3) is 0 Å².